The molecule has 2 aromatic carbocycles. The molecule has 1 heterocycles. The van der Waals surface area contributed by atoms with E-state index in [1.807, 2.05) is 30.3 Å². The SMILES string of the molecule is FC(F)(F)Cc1c(-c2ccccc2)nnn1Cc1ccccc1. The van der Waals surface area contributed by atoms with Crippen LogP contribution in [0.25, 0.3) is 11.3 Å². The zero-order chi connectivity index (χ0) is 16.3. The van der Waals surface area contributed by atoms with E-state index in [0.717, 1.165) is 5.56 Å². The Morgan fingerprint density at radius 1 is 0.870 bits per heavy atom. The first-order chi connectivity index (χ1) is 11.0. The molecule has 3 rings (SSSR count). The molecule has 23 heavy (non-hydrogen) atoms. The molecule has 0 spiro atoms. The molecule has 0 bridgehead atoms. The van der Waals surface area contributed by atoms with Gasteiger partial charge in [-0.15, -0.1) is 5.10 Å². The highest BCUT2D eigenvalue weighted by Gasteiger charge is 2.32. The molecule has 0 fully saturated rings. The first-order valence-electron chi connectivity index (χ1n) is 7.11. The Labute approximate surface area is 131 Å². The van der Waals surface area contributed by atoms with E-state index in [1.165, 1.54) is 4.68 Å². The molecule has 118 valence electrons. The second kappa shape index (κ2) is 6.24. The lowest BCUT2D eigenvalue weighted by Crippen LogP contribution is -2.17. The molecule has 0 aliphatic rings. The van der Waals surface area contributed by atoms with Gasteiger partial charge in [-0.3, -0.25) is 0 Å². The van der Waals surface area contributed by atoms with Crippen LogP contribution in [0.4, 0.5) is 13.2 Å². The first kappa shape index (κ1) is 15.3. The average molecular weight is 317 g/mol. The minimum Gasteiger partial charge on any atom is -0.244 e. The summed E-state index contributed by atoms with van der Waals surface area (Å²) in [5.74, 6) is 0. The topological polar surface area (TPSA) is 30.7 Å². The van der Waals surface area contributed by atoms with Crippen LogP contribution >= 0.6 is 0 Å². The van der Waals surface area contributed by atoms with Gasteiger partial charge in [0, 0.05) is 5.56 Å². The normalized spacial score (nSPS) is 11.6. The summed E-state index contributed by atoms with van der Waals surface area (Å²) >= 11 is 0. The van der Waals surface area contributed by atoms with Crippen LogP contribution in [0.5, 0.6) is 0 Å². The average Bonchev–Trinajstić information content (AvgIpc) is 2.90. The molecule has 0 saturated heterocycles. The summed E-state index contributed by atoms with van der Waals surface area (Å²) in [6.45, 7) is 0.256. The number of halogens is 3. The second-order valence-corrected chi connectivity index (χ2v) is 5.19. The highest BCUT2D eigenvalue weighted by atomic mass is 19.4. The van der Waals surface area contributed by atoms with E-state index in [0.29, 0.717) is 5.56 Å². The van der Waals surface area contributed by atoms with Crippen molar-refractivity contribution in [3.8, 4) is 11.3 Å². The number of alkyl halides is 3. The predicted molar refractivity (Wildman–Crippen MR) is 80.8 cm³/mol. The molecule has 0 atom stereocenters. The van der Waals surface area contributed by atoms with Crippen molar-refractivity contribution >= 4 is 0 Å². The monoisotopic (exact) mass is 317 g/mol. The molecular formula is C17H14F3N3. The lowest BCUT2D eigenvalue weighted by Gasteiger charge is -2.11. The number of benzene rings is 2. The van der Waals surface area contributed by atoms with Crippen molar-refractivity contribution in [2.75, 3.05) is 0 Å². The van der Waals surface area contributed by atoms with Crippen molar-refractivity contribution in [2.45, 2.75) is 19.1 Å². The highest BCUT2D eigenvalue weighted by Crippen LogP contribution is 2.28. The van der Waals surface area contributed by atoms with E-state index >= 15 is 0 Å². The fraction of sp³-hybridized carbons (Fsp3) is 0.176. The van der Waals surface area contributed by atoms with E-state index in [1.54, 1.807) is 30.3 Å². The van der Waals surface area contributed by atoms with Crippen LogP contribution in [0, 0.1) is 0 Å². The van der Waals surface area contributed by atoms with Crippen molar-refractivity contribution in [3.63, 3.8) is 0 Å². The zero-order valence-corrected chi connectivity index (χ0v) is 12.2. The van der Waals surface area contributed by atoms with Crippen LogP contribution in [-0.4, -0.2) is 21.2 Å². The van der Waals surface area contributed by atoms with Crippen LogP contribution in [0.15, 0.2) is 60.7 Å². The Bertz CT molecular complexity index is 765. The molecule has 1 aromatic heterocycles. The summed E-state index contributed by atoms with van der Waals surface area (Å²) in [6.07, 6.45) is -5.38. The van der Waals surface area contributed by atoms with Gasteiger partial charge in [0.25, 0.3) is 0 Å². The predicted octanol–water partition coefficient (Wildman–Crippen LogP) is 4.10. The molecular weight excluding hydrogens is 303 g/mol. The van der Waals surface area contributed by atoms with E-state index in [9.17, 15) is 13.2 Å². The summed E-state index contributed by atoms with van der Waals surface area (Å²) in [5.41, 5.74) is 1.86. The smallest absolute Gasteiger partial charge is 0.244 e. The van der Waals surface area contributed by atoms with Crippen molar-refractivity contribution in [1.82, 2.24) is 15.0 Å². The summed E-state index contributed by atoms with van der Waals surface area (Å²) in [6, 6.07) is 18.0. The number of rotatable bonds is 4. The van der Waals surface area contributed by atoms with Gasteiger partial charge in [-0.05, 0) is 5.56 Å². The number of nitrogens with zero attached hydrogens (tertiary/aromatic N) is 3. The van der Waals surface area contributed by atoms with Crippen molar-refractivity contribution in [3.05, 3.63) is 71.9 Å². The standard InChI is InChI=1S/C17H14F3N3/c18-17(19,20)11-15-16(14-9-5-2-6-10-14)21-22-23(15)12-13-7-3-1-4-8-13/h1-10H,11-12H2. The molecule has 0 radical (unpaired) electrons. The molecule has 0 aliphatic carbocycles. The number of aromatic nitrogens is 3. The van der Waals surface area contributed by atoms with Crippen LogP contribution in [0.3, 0.4) is 0 Å². The van der Waals surface area contributed by atoms with Crippen LogP contribution in [0.1, 0.15) is 11.3 Å². The third-order valence-corrected chi connectivity index (χ3v) is 3.43. The quantitative estimate of drug-likeness (QED) is 0.725. The lowest BCUT2D eigenvalue weighted by molar-refractivity contribution is -0.128. The summed E-state index contributed by atoms with van der Waals surface area (Å²) < 4.78 is 40.2. The third kappa shape index (κ3) is 3.77. The lowest BCUT2D eigenvalue weighted by atomic mass is 10.1. The van der Waals surface area contributed by atoms with E-state index in [2.05, 4.69) is 10.3 Å². The molecule has 0 unspecified atom stereocenters. The first-order valence-corrected chi connectivity index (χ1v) is 7.11. The molecule has 0 aliphatic heterocycles. The van der Waals surface area contributed by atoms with Gasteiger partial charge in [0.2, 0.25) is 0 Å². The minimum absolute atomic E-state index is 0.0764. The third-order valence-electron chi connectivity index (χ3n) is 3.43. The van der Waals surface area contributed by atoms with Gasteiger partial charge in [-0.1, -0.05) is 65.9 Å². The maximum Gasteiger partial charge on any atom is 0.394 e. The summed E-state index contributed by atoms with van der Waals surface area (Å²) in [7, 11) is 0. The Morgan fingerprint density at radius 2 is 1.48 bits per heavy atom. The highest BCUT2D eigenvalue weighted by molar-refractivity contribution is 5.61. The maximum atomic E-state index is 13.0. The van der Waals surface area contributed by atoms with Crippen LogP contribution in [0.2, 0.25) is 0 Å². The Morgan fingerprint density at radius 3 is 2.09 bits per heavy atom. The number of hydrogen-bond acceptors (Lipinski definition) is 2. The maximum absolute atomic E-state index is 13.0. The fourth-order valence-electron chi connectivity index (χ4n) is 2.40. The van der Waals surface area contributed by atoms with Gasteiger partial charge < -0.3 is 0 Å². The van der Waals surface area contributed by atoms with Gasteiger partial charge in [0.15, 0.2) is 0 Å². The Hall–Kier alpha value is -2.63. The molecule has 0 amide bonds. The van der Waals surface area contributed by atoms with E-state index in [4.69, 9.17) is 0 Å². The van der Waals surface area contributed by atoms with Crippen LogP contribution in [-0.2, 0) is 13.0 Å². The molecule has 3 nitrogen and oxygen atoms in total. The fourth-order valence-corrected chi connectivity index (χ4v) is 2.40. The van der Waals surface area contributed by atoms with Gasteiger partial charge in [0.05, 0.1) is 18.7 Å². The second-order valence-electron chi connectivity index (χ2n) is 5.19. The minimum atomic E-state index is -4.32. The summed E-state index contributed by atoms with van der Waals surface area (Å²) in [4.78, 5) is 0. The van der Waals surface area contributed by atoms with Crippen molar-refractivity contribution in [1.29, 1.82) is 0 Å². The molecule has 3 aromatic rings. The van der Waals surface area contributed by atoms with E-state index < -0.39 is 12.6 Å². The summed E-state index contributed by atoms with van der Waals surface area (Å²) in [5, 5.41) is 7.92. The van der Waals surface area contributed by atoms with Crippen molar-refractivity contribution in [2.24, 2.45) is 0 Å². The zero-order valence-electron chi connectivity index (χ0n) is 12.2. The molecule has 0 saturated carbocycles. The van der Waals surface area contributed by atoms with Gasteiger partial charge in [-0.25, -0.2) is 4.68 Å². The van der Waals surface area contributed by atoms with Crippen LogP contribution < -0.4 is 0 Å². The molecule has 6 heteroatoms. The number of hydrogen-bond donors (Lipinski definition) is 0. The van der Waals surface area contributed by atoms with Gasteiger partial charge >= 0.3 is 6.18 Å². The molecule has 0 N–H and O–H groups in total. The largest absolute Gasteiger partial charge is 0.394 e. The van der Waals surface area contributed by atoms with Crippen molar-refractivity contribution < 1.29 is 13.2 Å². The Balaban J connectivity index is 2.01. The Kier molecular flexibility index (Phi) is 4.14. The van der Waals surface area contributed by atoms with Gasteiger partial charge in [-0.2, -0.15) is 13.2 Å². The van der Waals surface area contributed by atoms with Gasteiger partial charge in [0.1, 0.15) is 5.69 Å². The van der Waals surface area contributed by atoms with E-state index in [-0.39, 0.29) is 17.9 Å².